The third-order valence-electron chi connectivity index (χ3n) is 2.98. The van der Waals surface area contributed by atoms with Crippen LogP contribution in [0, 0.1) is 12.3 Å². The van der Waals surface area contributed by atoms with Crippen LogP contribution in [0.5, 0.6) is 0 Å². The Hall–Kier alpha value is -0.920. The van der Waals surface area contributed by atoms with Crippen LogP contribution in [0.2, 0.25) is 0 Å². The summed E-state index contributed by atoms with van der Waals surface area (Å²) in [6, 6.07) is -0.209. The molecule has 0 amide bonds. The van der Waals surface area contributed by atoms with E-state index in [1.54, 1.807) is 17.7 Å². The van der Waals surface area contributed by atoms with Gasteiger partial charge in [0.05, 0.1) is 0 Å². The molecule has 0 aliphatic carbocycles. The second-order valence-electron chi connectivity index (χ2n) is 6.29. The highest BCUT2D eigenvalue weighted by Gasteiger charge is 2.21. The maximum absolute atomic E-state index is 12.1. The molecule has 1 rings (SSSR count). The standard InChI is InChI=1S/C13H26N4O2S/c1-6-17-9-12(16-10(17)2)20(18,19)15-8-11(14)7-13(3,4)5/h9,11,15H,6-8,14H2,1-5H3. The van der Waals surface area contributed by atoms with Gasteiger partial charge in [0.1, 0.15) is 5.82 Å². The number of sulfonamides is 1. The van der Waals surface area contributed by atoms with Crippen LogP contribution in [0.3, 0.4) is 0 Å². The fraction of sp³-hybridized carbons (Fsp3) is 0.769. The maximum Gasteiger partial charge on any atom is 0.259 e. The minimum atomic E-state index is -3.58. The topological polar surface area (TPSA) is 90.0 Å². The summed E-state index contributed by atoms with van der Waals surface area (Å²) in [6.07, 6.45) is 2.30. The number of nitrogens with zero attached hydrogens (tertiary/aromatic N) is 2. The summed E-state index contributed by atoms with van der Waals surface area (Å²) in [5.74, 6) is 0.687. The van der Waals surface area contributed by atoms with Gasteiger partial charge in [-0.25, -0.2) is 18.1 Å². The van der Waals surface area contributed by atoms with Crippen LogP contribution >= 0.6 is 0 Å². The first-order valence-electron chi connectivity index (χ1n) is 6.84. The average Bonchev–Trinajstić information content (AvgIpc) is 2.66. The van der Waals surface area contributed by atoms with Crippen LogP contribution in [0.25, 0.3) is 0 Å². The van der Waals surface area contributed by atoms with Crippen molar-refractivity contribution in [1.29, 1.82) is 0 Å². The van der Waals surface area contributed by atoms with Gasteiger partial charge in [0.25, 0.3) is 10.0 Å². The number of nitrogens with two attached hydrogens (primary N) is 1. The molecule has 6 nitrogen and oxygen atoms in total. The van der Waals surface area contributed by atoms with Gasteiger partial charge in [0.15, 0.2) is 5.03 Å². The second kappa shape index (κ2) is 6.24. The van der Waals surface area contributed by atoms with E-state index >= 15 is 0 Å². The average molecular weight is 302 g/mol. The summed E-state index contributed by atoms with van der Waals surface area (Å²) < 4.78 is 28.6. The minimum absolute atomic E-state index is 0.0554. The van der Waals surface area contributed by atoms with E-state index in [4.69, 9.17) is 5.73 Å². The first kappa shape index (κ1) is 17.1. The van der Waals surface area contributed by atoms with E-state index in [0.717, 1.165) is 6.42 Å². The van der Waals surface area contributed by atoms with Gasteiger partial charge < -0.3 is 10.3 Å². The number of imidazole rings is 1. The lowest BCUT2D eigenvalue weighted by molar-refractivity contribution is 0.338. The van der Waals surface area contributed by atoms with Gasteiger partial charge >= 0.3 is 0 Å². The molecule has 0 bridgehead atoms. The molecule has 20 heavy (non-hydrogen) atoms. The Labute approximate surface area is 121 Å². The van der Waals surface area contributed by atoms with Crippen molar-refractivity contribution in [2.45, 2.75) is 58.7 Å². The van der Waals surface area contributed by atoms with Gasteiger partial charge in [0, 0.05) is 25.3 Å². The molecule has 1 atom stereocenters. The Balaban J connectivity index is 2.70. The molecule has 7 heteroatoms. The molecular weight excluding hydrogens is 276 g/mol. The molecule has 0 aliphatic rings. The highest BCUT2D eigenvalue weighted by atomic mass is 32.2. The van der Waals surface area contributed by atoms with E-state index in [-0.39, 0.29) is 23.0 Å². The van der Waals surface area contributed by atoms with Crippen molar-refractivity contribution in [3.63, 3.8) is 0 Å². The molecule has 0 spiro atoms. The first-order chi connectivity index (χ1) is 9.05. The monoisotopic (exact) mass is 302 g/mol. The van der Waals surface area contributed by atoms with Gasteiger partial charge in [-0.05, 0) is 25.7 Å². The lowest BCUT2D eigenvalue weighted by atomic mass is 9.88. The van der Waals surface area contributed by atoms with Gasteiger partial charge in [-0.1, -0.05) is 20.8 Å². The van der Waals surface area contributed by atoms with E-state index in [1.165, 1.54) is 0 Å². The van der Waals surface area contributed by atoms with E-state index in [2.05, 4.69) is 30.5 Å². The summed E-state index contributed by atoms with van der Waals surface area (Å²) in [5.41, 5.74) is 6.03. The van der Waals surface area contributed by atoms with Crippen molar-refractivity contribution >= 4 is 10.0 Å². The number of hydrogen-bond acceptors (Lipinski definition) is 4. The molecule has 0 aromatic carbocycles. The van der Waals surface area contributed by atoms with E-state index in [1.807, 2.05) is 6.92 Å². The van der Waals surface area contributed by atoms with Crippen molar-refractivity contribution in [2.24, 2.45) is 11.1 Å². The van der Waals surface area contributed by atoms with Gasteiger partial charge in [0.2, 0.25) is 0 Å². The fourth-order valence-corrected chi connectivity index (χ4v) is 3.18. The Bertz CT molecular complexity index is 543. The van der Waals surface area contributed by atoms with Crippen LogP contribution in [0.15, 0.2) is 11.2 Å². The van der Waals surface area contributed by atoms with E-state index < -0.39 is 10.0 Å². The minimum Gasteiger partial charge on any atom is -0.334 e. The van der Waals surface area contributed by atoms with Crippen molar-refractivity contribution < 1.29 is 8.42 Å². The number of nitrogens with one attached hydrogen (secondary N) is 1. The van der Waals surface area contributed by atoms with Crippen LogP contribution in [0.1, 0.15) is 39.9 Å². The predicted octanol–water partition coefficient (Wildman–Crippen LogP) is 1.25. The third-order valence-corrected chi connectivity index (χ3v) is 4.27. The zero-order chi connectivity index (χ0) is 15.6. The number of hydrogen-bond donors (Lipinski definition) is 2. The second-order valence-corrected chi connectivity index (χ2v) is 8.00. The molecule has 116 valence electrons. The number of aryl methyl sites for hydroxylation is 2. The molecule has 3 N–H and O–H groups in total. The van der Waals surface area contributed by atoms with Crippen molar-refractivity contribution in [3.05, 3.63) is 12.0 Å². The zero-order valence-electron chi connectivity index (χ0n) is 13.0. The first-order valence-corrected chi connectivity index (χ1v) is 8.32. The van der Waals surface area contributed by atoms with Crippen molar-refractivity contribution in [1.82, 2.24) is 14.3 Å². The summed E-state index contributed by atoms with van der Waals surface area (Å²) in [4.78, 5) is 4.08. The molecule has 1 aromatic rings. The predicted molar refractivity (Wildman–Crippen MR) is 79.9 cm³/mol. The lowest BCUT2D eigenvalue weighted by Gasteiger charge is -2.23. The molecule has 1 heterocycles. The third kappa shape index (κ3) is 4.88. The molecule has 1 aromatic heterocycles. The Kier molecular flexibility index (Phi) is 5.34. The molecule has 0 fully saturated rings. The smallest absolute Gasteiger partial charge is 0.259 e. The van der Waals surface area contributed by atoms with Crippen LogP contribution in [-0.4, -0.2) is 30.6 Å². The summed E-state index contributed by atoms with van der Waals surface area (Å²) >= 11 is 0. The molecule has 1 unspecified atom stereocenters. The van der Waals surface area contributed by atoms with Crippen LogP contribution in [-0.2, 0) is 16.6 Å². The largest absolute Gasteiger partial charge is 0.334 e. The normalized spacial score (nSPS) is 14.5. The Morgan fingerprint density at radius 1 is 1.45 bits per heavy atom. The fourth-order valence-electron chi connectivity index (χ4n) is 2.08. The molecule has 0 saturated heterocycles. The van der Waals surface area contributed by atoms with Gasteiger partial charge in [-0.3, -0.25) is 0 Å². The van der Waals surface area contributed by atoms with Crippen molar-refractivity contribution in [3.8, 4) is 0 Å². The summed E-state index contributed by atoms with van der Waals surface area (Å²) in [5, 5.41) is 0.0554. The van der Waals surface area contributed by atoms with Crippen molar-refractivity contribution in [2.75, 3.05) is 6.54 Å². The summed E-state index contributed by atoms with van der Waals surface area (Å²) in [6.45, 7) is 10.9. The highest BCUT2D eigenvalue weighted by molar-refractivity contribution is 7.89. The highest BCUT2D eigenvalue weighted by Crippen LogP contribution is 2.19. The number of aromatic nitrogens is 2. The van der Waals surface area contributed by atoms with Gasteiger partial charge in [-0.2, -0.15) is 0 Å². The quantitative estimate of drug-likeness (QED) is 0.827. The van der Waals surface area contributed by atoms with Crippen LogP contribution in [0.4, 0.5) is 0 Å². The van der Waals surface area contributed by atoms with Gasteiger partial charge in [-0.15, -0.1) is 0 Å². The maximum atomic E-state index is 12.1. The number of rotatable bonds is 6. The Morgan fingerprint density at radius 2 is 2.05 bits per heavy atom. The van der Waals surface area contributed by atoms with E-state index in [0.29, 0.717) is 12.4 Å². The SMILES string of the molecule is CCn1cc(S(=O)(=O)NCC(N)CC(C)(C)C)nc1C. The Morgan fingerprint density at radius 3 is 2.50 bits per heavy atom. The molecule has 0 aliphatic heterocycles. The molecule has 0 radical (unpaired) electrons. The summed E-state index contributed by atoms with van der Waals surface area (Å²) in [7, 11) is -3.58. The lowest BCUT2D eigenvalue weighted by Crippen LogP contribution is -2.39. The molecule has 0 saturated carbocycles. The van der Waals surface area contributed by atoms with E-state index in [9.17, 15) is 8.42 Å². The zero-order valence-corrected chi connectivity index (χ0v) is 13.8. The van der Waals surface area contributed by atoms with Crippen LogP contribution < -0.4 is 10.5 Å². The molecular formula is C13H26N4O2S.